The maximum absolute atomic E-state index is 13.0. The smallest absolute Gasteiger partial charge is 0.255 e. The molecule has 5 heteroatoms. The molecule has 0 atom stereocenters. The van der Waals surface area contributed by atoms with Gasteiger partial charge in [0.1, 0.15) is 5.82 Å². The number of carbonyl (C=O) groups is 1. The van der Waals surface area contributed by atoms with E-state index in [1.807, 2.05) is 60.8 Å². The van der Waals surface area contributed by atoms with Gasteiger partial charge in [0.05, 0.1) is 11.3 Å². The Hall–Kier alpha value is -3.21. The van der Waals surface area contributed by atoms with Crippen molar-refractivity contribution in [2.24, 2.45) is 0 Å². The summed E-state index contributed by atoms with van der Waals surface area (Å²) in [6, 6.07) is 18.0. The Labute approximate surface area is 171 Å². The first-order valence-electron chi connectivity index (χ1n) is 10.3. The van der Waals surface area contributed by atoms with Crippen LogP contribution in [0.5, 0.6) is 0 Å². The van der Waals surface area contributed by atoms with Crippen molar-refractivity contribution in [3.8, 4) is 11.3 Å². The first-order valence-corrected chi connectivity index (χ1v) is 10.3. The topological polar surface area (TPSA) is 66.9 Å². The number of nitrogens with zero attached hydrogens (tertiary/aromatic N) is 2. The van der Waals surface area contributed by atoms with E-state index in [1.54, 1.807) is 6.20 Å². The fourth-order valence-corrected chi connectivity index (χ4v) is 3.75. The van der Waals surface area contributed by atoms with Crippen molar-refractivity contribution in [2.75, 3.05) is 5.32 Å². The second kappa shape index (κ2) is 9.32. The minimum Gasteiger partial charge on any atom is -0.365 e. The zero-order valence-corrected chi connectivity index (χ0v) is 16.5. The molecule has 1 fully saturated rings. The van der Waals surface area contributed by atoms with E-state index in [0.717, 1.165) is 29.7 Å². The number of amides is 1. The first kappa shape index (κ1) is 19.1. The lowest BCUT2D eigenvalue weighted by molar-refractivity contribution is 0.0928. The molecule has 4 rings (SSSR count). The lowest BCUT2D eigenvalue weighted by Crippen LogP contribution is -2.36. The van der Waals surface area contributed by atoms with Gasteiger partial charge in [0, 0.05) is 30.5 Å². The number of hydrogen-bond acceptors (Lipinski definition) is 4. The SMILES string of the molecule is O=C(NC1CCCCC1)c1ccc(-c2ccccc2)nc1NCc1cccnc1. The number of aromatic nitrogens is 2. The highest BCUT2D eigenvalue weighted by Gasteiger charge is 2.20. The fourth-order valence-electron chi connectivity index (χ4n) is 3.75. The quantitative estimate of drug-likeness (QED) is 0.637. The molecular weight excluding hydrogens is 360 g/mol. The van der Waals surface area contributed by atoms with Gasteiger partial charge in [-0.2, -0.15) is 0 Å². The summed E-state index contributed by atoms with van der Waals surface area (Å²) >= 11 is 0. The van der Waals surface area contributed by atoms with Gasteiger partial charge in [-0.1, -0.05) is 55.7 Å². The molecule has 1 saturated carbocycles. The normalized spacial score (nSPS) is 14.3. The molecule has 1 aliphatic rings. The van der Waals surface area contributed by atoms with E-state index in [-0.39, 0.29) is 11.9 Å². The summed E-state index contributed by atoms with van der Waals surface area (Å²) in [5.74, 6) is 0.543. The standard InChI is InChI=1S/C24H26N4O/c29-24(27-20-11-5-2-6-12-20)21-13-14-22(19-9-3-1-4-10-19)28-23(21)26-17-18-8-7-15-25-16-18/h1,3-4,7-10,13-16,20H,2,5-6,11-12,17H2,(H,26,28)(H,27,29). The van der Waals surface area contributed by atoms with Crippen LogP contribution in [-0.4, -0.2) is 21.9 Å². The van der Waals surface area contributed by atoms with E-state index in [1.165, 1.54) is 19.3 Å². The Morgan fingerprint density at radius 3 is 2.55 bits per heavy atom. The molecule has 1 amide bonds. The number of hydrogen-bond donors (Lipinski definition) is 2. The van der Waals surface area contributed by atoms with Crippen LogP contribution in [0.3, 0.4) is 0 Å². The molecule has 29 heavy (non-hydrogen) atoms. The van der Waals surface area contributed by atoms with Crippen molar-refractivity contribution < 1.29 is 4.79 Å². The van der Waals surface area contributed by atoms with Crippen molar-refractivity contribution in [3.63, 3.8) is 0 Å². The molecule has 1 aromatic carbocycles. The molecule has 2 N–H and O–H groups in total. The number of rotatable bonds is 6. The minimum atomic E-state index is -0.0577. The van der Waals surface area contributed by atoms with Crippen molar-refractivity contribution in [3.05, 3.63) is 78.1 Å². The minimum absolute atomic E-state index is 0.0577. The molecule has 3 aromatic rings. The lowest BCUT2D eigenvalue weighted by Gasteiger charge is -2.23. The van der Waals surface area contributed by atoms with Crippen LogP contribution in [0.15, 0.2) is 67.0 Å². The van der Waals surface area contributed by atoms with Crippen molar-refractivity contribution in [1.29, 1.82) is 0 Å². The number of benzene rings is 1. The van der Waals surface area contributed by atoms with Gasteiger partial charge in [-0.25, -0.2) is 4.98 Å². The summed E-state index contributed by atoms with van der Waals surface area (Å²) in [7, 11) is 0. The van der Waals surface area contributed by atoms with E-state index < -0.39 is 0 Å². The van der Waals surface area contributed by atoms with Gasteiger partial charge in [0.15, 0.2) is 0 Å². The van der Waals surface area contributed by atoms with Crippen LogP contribution in [0.1, 0.15) is 48.0 Å². The molecule has 0 radical (unpaired) electrons. The molecule has 1 aliphatic carbocycles. The van der Waals surface area contributed by atoms with Gasteiger partial charge in [0.2, 0.25) is 0 Å². The van der Waals surface area contributed by atoms with E-state index in [9.17, 15) is 4.79 Å². The first-order chi connectivity index (χ1) is 14.3. The highest BCUT2D eigenvalue weighted by molar-refractivity contribution is 5.99. The summed E-state index contributed by atoms with van der Waals surface area (Å²) < 4.78 is 0. The molecule has 0 spiro atoms. The van der Waals surface area contributed by atoms with E-state index >= 15 is 0 Å². The molecule has 2 aromatic heterocycles. The molecule has 148 valence electrons. The zero-order chi connectivity index (χ0) is 19.9. The third kappa shape index (κ3) is 4.99. The number of nitrogens with one attached hydrogen (secondary N) is 2. The third-order valence-electron chi connectivity index (χ3n) is 5.33. The number of carbonyl (C=O) groups excluding carboxylic acids is 1. The van der Waals surface area contributed by atoms with Crippen molar-refractivity contribution in [1.82, 2.24) is 15.3 Å². The molecule has 0 aliphatic heterocycles. The summed E-state index contributed by atoms with van der Waals surface area (Å²) in [4.78, 5) is 21.9. The summed E-state index contributed by atoms with van der Waals surface area (Å²) in [6.45, 7) is 0.558. The average molecular weight is 386 g/mol. The van der Waals surface area contributed by atoms with Crippen LogP contribution in [0, 0.1) is 0 Å². The molecular formula is C24H26N4O. The third-order valence-corrected chi connectivity index (χ3v) is 5.33. The van der Waals surface area contributed by atoms with Crippen LogP contribution in [0.4, 0.5) is 5.82 Å². The summed E-state index contributed by atoms with van der Waals surface area (Å²) in [5.41, 5.74) is 3.49. The van der Waals surface area contributed by atoms with Crippen molar-refractivity contribution in [2.45, 2.75) is 44.7 Å². The van der Waals surface area contributed by atoms with Gasteiger partial charge in [0.25, 0.3) is 5.91 Å². The Kier molecular flexibility index (Phi) is 6.15. The Morgan fingerprint density at radius 2 is 1.79 bits per heavy atom. The van der Waals surface area contributed by atoms with Crippen LogP contribution in [-0.2, 0) is 6.54 Å². The van der Waals surface area contributed by atoms with Crippen LogP contribution >= 0.6 is 0 Å². The van der Waals surface area contributed by atoms with Crippen LogP contribution in [0.25, 0.3) is 11.3 Å². The second-order valence-electron chi connectivity index (χ2n) is 7.48. The summed E-state index contributed by atoms with van der Waals surface area (Å²) in [5, 5.41) is 6.55. The number of anilines is 1. The van der Waals surface area contributed by atoms with Crippen molar-refractivity contribution >= 4 is 11.7 Å². The van der Waals surface area contributed by atoms with E-state index in [4.69, 9.17) is 4.98 Å². The van der Waals surface area contributed by atoms with Gasteiger partial charge >= 0.3 is 0 Å². The molecule has 5 nitrogen and oxygen atoms in total. The Morgan fingerprint density at radius 1 is 0.966 bits per heavy atom. The predicted molar refractivity (Wildman–Crippen MR) is 116 cm³/mol. The maximum Gasteiger partial charge on any atom is 0.255 e. The van der Waals surface area contributed by atoms with Gasteiger partial charge in [-0.3, -0.25) is 9.78 Å². The zero-order valence-electron chi connectivity index (χ0n) is 16.5. The van der Waals surface area contributed by atoms with Crippen LogP contribution < -0.4 is 10.6 Å². The van der Waals surface area contributed by atoms with E-state index in [0.29, 0.717) is 17.9 Å². The molecule has 0 saturated heterocycles. The monoisotopic (exact) mass is 386 g/mol. The predicted octanol–water partition coefficient (Wildman–Crippen LogP) is 4.82. The maximum atomic E-state index is 13.0. The Bertz CT molecular complexity index is 938. The van der Waals surface area contributed by atoms with Crippen LogP contribution in [0.2, 0.25) is 0 Å². The lowest BCUT2D eigenvalue weighted by atomic mass is 9.95. The number of pyridine rings is 2. The molecule has 2 heterocycles. The second-order valence-corrected chi connectivity index (χ2v) is 7.48. The highest BCUT2D eigenvalue weighted by Crippen LogP contribution is 2.23. The fraction of sp³-hybridized carbons (Fsp3) is 0.292. The Balaban J connectivity index is 1.59. The largest absolute Gasteiger partial charge is 0.365 e. The van der Waals surface area contributed by atoms with Gasteiger partial charge < -0.3 is 10.6 Å². The average Bonchev–Trinajstić information content (AvgIpc) is 2.79. The van der Waals surface area contributed by atoms with Gasteiger partial charge in [-0.05, 0) is 36.6 Å². The highest BCUT2D eigenvalue weighted by atomic mass is 16.1. The summed E-state index contributed by atoms with van der Waals surface area (Å²) in [6.07, 6.45) is 9.30. The molecule has 0 unspecified atom stereocenters. The molecule has 0 bridgehead atoms. The van der Waals surface area contributed by atoms with E-state index in [2.05, 4.69) is 15.6 Å². The van der Waals surface area contributed by atoms with Gasteiger partial charge in [-0.15, -0.1) is 0 Å².